The van der Waals surface area contributed by atoms with Crippen LogP contribution in [0.1, 0.15) is 50.2 Å². The largest absolute Gasteiger partial charge is 0.377 e. The van der Waals surface area contributed by atoms with Crippen molar-refractivity contribution in [3.8, 4) is 0 Å². The van der Waals surface area contributed by atoms with Crippen LogP contribution >= 0.6 is 0 Å². The number of nitrogens with zero attached hydrogens (tertiary/aromatic N) is 1. The van der Waals surface area contributed by atoms with Crippen LogP contribution in [0.4, 0.5) is 0 Å². The molecule has 1 heterocycles. The summed E-state index contributed by atoms with van der Waals surface area (Å²) in [5.74, 6) is 0.282. The van der Waals surface area contributed by atoms with Crippen LogP contribution in [0, 0.1) is 5.41 Å². The molecule has 1 atom stereocenters. The lowest BCUT2D eigenvalue weighted by Gasteiger charge is -2.30. The molecule has 0 fully saturated rings. The summed E-state index contributed by atoms with van der Waals surface area (Å²) in [4.78, 5) is 12.1. The minimum absolute atomic E-state index is 0.0784. The molecule has 100 valence electrons. The molecule has 3 heteroatoms. The summed E-state index contributed by atoms with van der Waals surface area (Å²) in [5, 5.41) is 0. The van der Waals surface area contributed by atoms with Crippen molar-refractivity contribution in [1.82, 2.24) is 4.57 Å². The fraction of sp³-hybridized carbons (Fsp3) is 0.667. The van der Waals surface area contributed by atoms with Gasteiger partial charge in [0.2, 0.25) is 0 Å². The molecule has 0 N–H and O–H groups in total. The number of ether oxygens (including phenoxy) is 1. The lowest BCUT2D eigenvalue weighted by Crippen LogP contribution is -2.29. The average molecular weight is 249 g/mol. The van der Waals surface area contributed by atoms with E-state index in [2.05, 4.69) is 25.3 Å². The van der Waals surface area contributed by atoms with Gasteiger partial charge in [-0.2, -0.15) is 0 Å². The van der Waals surface area contributed by atoms with Crippen molar-refractivity contribution >= 4 is 5.78 Å². The summed E-state index contributed by atoms with van der Waals surface area (Å²) in [7, 11) is 0. The Hall–Kier alpha value is -1.09. The zero-order valence-electron chi connectivity index (χ0n) is 11.8. The first kappa shape index (κ1) is 13.3. The van der Waals surface area contributed by atoms with Crippen LogP contribution in [0.3, 0.4) is 0 Å². The predicted octanol–water partition coefficient (Wildman–Crippen LogP) is 3.07. The highest BCUT2D eigenvalue weighted by atomic mass is 16.5. The molecule has 1 aliphatic rings. The van der Waals surface area contributed by atoms with E-state index in [-0.39, 0.29) is 17.3 Å². The quantitative estimate of drug-likeness (QED) is 0.821. The van der Waals surface area contributed by atoms with Crippen LogP contribution in [-0.4, -0.2) is 23.1 Å². The zero-order chi connectivity index (χ0) is 13.3. The van der Waals surface area contributed by atoms with E-state index < -0.39 is 0 Å². The highest BCUT2D eigenvalue weighted by Crippen LogP contribution is 2.35. The molecule has 0 saturated heterocycles. The van der Waals surface area contributed by atoms with Gasteiger partial charge in [-0.25, -0.2) is 0 Å². The third-order valence-corrected chi connectivity index (χ3v) is 3.57. The van der Waals surface area contributed by atoms with Crippen molar-refractivity contribution in [2.75, 3.05) is 6.61 Å². The molecule has 1 unspecified atom stereocenters. The number of aromatic nitrogens is 1. The maximum absolute atomic E-state index is 12.1. The van der Waals surface area contributed by atoms with Gasteiger partial charge in [0.1, 0.15) is 0 Å². The van der Waals surface area contributed by atoms with E-state index >= 15 is 0 Å². The highest BCUT2D eigenvalue weighted by Gasteiger charge is 2.33. The van der Waals surface area contributed by atoms with Gasteiger partial charge in [0.25, 0.3) is 0 Å². The number of fused-ring (bicyclic) bond motifs is 1. The first-order valence-corrected chi connectivity index (χ1v) is 6.76. The molecule has 0 amide bonds. The normalized spacial score (nSPS) is 19.7. The first-order valence-electron chi connectivity index (χ1n) is 6.76. The monoisotopic (exact) mass is 249 g/mol. The minimum Gasteiger partial charge on any atom is -0.377 e. The van der Waals surface area contributed by atoms with Crippen molar-refractivity contribution in [2.45, 2.75) is 53.2 Å². The van der Waals surface area contributed by atoms with E-state index in [0.29, 0.717) is 6.42 Å². The van der Waals surface area contributed by atoms with E-state index in [1.807, 2.05) is 19.2 Å². The molecule has 0 aliphatic heterocycles. The Bertz CT molecular complexity index is 445. The fourth-order valence-corrected chi connectivity index (χ4v) is 2.79. The standard InChI is InChI=1S/C15H23NO2/c1-5-18-11(2)10-16-7-6-12-13(16)8-15(3,4)9-14(12)17/h6-7,11H,5,8-10H2,1-4H3. The smallest absolute Gasteiger partial charge is 0.165 e. The molecule has 2 rings (SSSR count). The number of hydrogen-bond acceptors (Lipinski definition) is 2. The SMILES string of the molecule is CCOC(C)Cn1ccc2c1CC(C)(C)CC2=O. The summed E-state index contributed by atoms with van der Waals surface area (Å²) in [6.07, 6.45) is 3.84. The Balaban J connectivity index is 2.23. The van der Waals surface area contributed by atoms with Crippen molar-refractivity contribution in [1.29, 1.82) is 0 Å². The second kappa shape index (κ2) is 4.88. The van der Waals surface area contributed by atoms with Crippen molar-refractivity contribution < 1.29 is 9.53 Å². The lowest BCUT2D eigenvalue weighted by molar-refractivity contribution is 0.0627. The molecule has 0 spiro atoms. The zero-order valence-corrected chi connectivity index (χ0v) is 11.8. The number of rotatable bonds is 4. The Kier molecular flexibility index (Phi) is 3.62. The van der Waals surface area contributed by atoms with Gasteiger partial charge in [-0.1, -0.05) is 13.8 Å². The molecule has 0 saturated carbocycles. The third kappa shape index (κ3) is 2.66. The molecule has 3 nitrogen and oxygen atoms in total. The summed E-state index contributed by atoms with van der Waals surface area (Å²) < 4.78 is 7.77. The van der Waals surface area contributed by atoms with E-state index in [4.69, 9.17) is 4.74 Å². The van der Waals surface area contributed by atoms with Gasteiger partial charge in [-0.15, -0.1) is 0 Å². The summed E-state index contributed by atoms with van der Waals surface area (Å²) >= 11 is 0. The average Bonchev–Trinajstić information content (AvgIpc) is 2.60. The highest BCUT2D eigenvalue weighted by molar-refractivity contribution is 5.98. The molecule has 0 bridgehead atoms. The van der Waals surface area contributed by atoms with Gasteiger partial charge in [0.15, 0.2) is 5.78 Å². The van der Waals surface area contributed by atoms with Crippen LogP contribution < -0.4 is 0 Å². The maximum atomic E-state index is 12.1. The molecule has 1 aromatic heterocycles. The van der Waals surface area contributed by atoms with Gasteiger partial charge in [0.05, 0.1) is 6.10 Å². The topological polar surface area (TPSA) is 31.2 Å². The second-order valence-electron chi connectivity index (χ2n) is 6.04. The number of carbonyl (C=O) groups is 1. The van der Waals surface area contributed by atoms with Gasteiger partial charge < -0.3 is 9.30 Å². The van der Waals surface area contributed by atoms with Gasteiger partial charge in [-0.3, -0.25) is 4.79 Å². The van der Waals surface area contributed by atoms with Gasteiger partial charge in [0, 0.05) is 37.0 Å². The first-order chi connectivity index (χ1) is 8.43. The molecule has 18 heavy (non-hydrogen) atoms. The van der Waals surface area contributed by atoms with Crippen LogP contribution in [0.15, 0.2) is 12.3 Å². The van der Waals surface area contributed by atoms with E-state index in [9.17, 15) is 4.79 Å². The predicted molar refractivity (Wildman–Crippen MR) is 72.0 cm³/mol. The Morgan fingerprint density at radius 3 is 2.83 bits per heavy atom. The third-order valence-electron chi connectivity index (χ3n) is 3.57. The van der Waals surface area contributed by atoms with Gasteiger partial charge in [-0.05, 0) is 31.7 Å². The van der Waals surface area contributed by atoms with Crippen LogP contribution in [0.2, 0.25) is 0 Å². The number of ketones is 1. The van der Waals surface area contributed by atoms with Crippen molar-refractivity contribution in [2.24, 2.45) is 5.41 Å². The molecular formula is C15H23NO2. The maximum Gasteiger partial charge on any atom is 0.165 e. The molecular weight excluding hydrogens is 226 g/mol. The molecule has 0 aromatic carbocycles. The Labute approximate surface area is 109 Å². The lowest BCUT2D eigenvalue weighted by atomic mass is 9.76. The molecule has 1 aromatic rings. The Morgan fingerprint density at radius 1 is 1.44 bits per heavy atom. The number of Topliss-reactive ketones (excluding diaryl/α,β-unsaturated/α-hetero) is 1. The summed E-state index contributed by atoms with van der Waals surface area (Å²) in [5.41, 5.74) is 2.18. The molecule has 0 radical (unpaired) electrons. The van der Waals surface area contributed by atoms with Crippen LogP contribution in [-0.2, 0) is 17.7 Å². The van der Waals surface area contributed by atoms with E-state index in [1.165, 1.54) is 5.69 Å². The minimum atomic E-state index is 0.0784. The van der Waals surface area contributed by atoms with Gasteiger partial charge >= 0.3 is 0 Å². The van der Waals surface area contributed by atoms with Crippen molar-refractivity contribution in [3.63, 3.8) is 0 Å². The fourth-order valence-electron chi connectivity index (χ4n) is 2.79. The summed E-state index contributed by atoms with van der Waals surface area (Å²) in [6.45, 7) is 9.97. The van der Waals surface area contributed by atoms with Crippen molar-refractivity contribution in [3.05, 3.63) is 23.5 Å². The molecule has 1 aliphatic carbocycles. The van der Waals surface area contributed by atoms with E-state index in [0.717, 1.165) is 25.1 Å². The number of carbonyl (C=O) groups excluding carboxylic acids is 1. The van der Waals surface area contributed by atoms with E-state index in [1.54, 1.807) is 0 Å². The van der Waals surface area contributed by atoms with Crippen LogP contribution in [0.25, 0.3) is 0 Å². The van der Waals surface area contributed by atoms with Crippen LogP contribution in [0.5, 0.6) is 0 Å². The summed E-state index contributed by atoms with van der Waals surface area (Å²) in [6, 6.07) is 1.96. The number of hydrogen-bond donors (Lipinski definition) is 0. The second-order valence-corrected chi connectivity index (χ2v) is 6.04. The Morgan fingerprint density at radius 2 is 2.17 bits per heavy atom.